The summed E-state index contributed by atoms with van der Waals surface area (Å²) in [7, 11) is 0. The molecule has 1 aromatic carbocycles. The van der Waals surface area contributed by atoms with Gasteiger partial charge in [-0.15, -0.1) is 0 Å². The number of fused-ring (bicyclic) bond motifs is 2. The van der Waals surface area contributed by atoms with Crippen molar-refractivity contribution in [2.75, 3.05) is 13.1 Å². The van der Waals surface area contributed by atoms with E-state index in [1.54, 1.807) is 17.0 Å². The minimum absolute atomic E-state index is 0.0906. The van der Waals surface area contributed by atoms with Gasteiger partial charge in [0.05, 0.1) is 35.2 Å². The molecule has 3 aliphatic carbocycles. The molecule has 1 saturated heterocycles. The minimum atomic E-state index is -0.881. The Balaban J connectivity index is 1.21. The second kappa shape index (κ2) is 9.07. The Kier molecular flexibility index (Phi) is 5.96. The Morgan fingerprint density at radius 2 is 2.08 bits per heavy atom. The zero-order valence-corrected chi connectivity index (χ0v) is 21.2. The van der Waals surface area contributed by atoms with Gasteiger partial charge < -0.3 is 15.1 Å². The highest BCUT2D eigenvalue weighted by atomic mass is 19.1. The molecule has 1 unspecified atom stereocenters. The van der Waals surface area contributed by atoms with Crippen LogP contribution < -0.4 is 0 Å². The van der Waals surface area contributed by atoms with Crippen molar-refractivity contribution in [3.05, 3.63) is 76.9 Å². The maximum Gasteiger partial charge on any atom is 0.230 e. The molecule has 1 aromatic heterocycles. The molecule has 4 aliphatic rings. The first-order chi connectivity index (χ1) is 17.8. The van der Waals surface area contributed by atoms with Crippen molar-refractivity contribution < 1.29 is 19.4 Å². The number of nitrogens with zero attached hydrogens (tertiary/aromatic N) is 3. The Morgan fingerprint density at radius 1 is 1.27 bits per heavy atom. The topological polar surface area (TPSA) is 78.6 Å². The molecule has 1 saturated carbocycles. The number of β-amino-alcohol motifs (C(OH)–C–C–N with tert-alkyl or cyclic N) is 1. The molecule has 0 spiro atoms. The zero-order valence-electron chi connectivity index (χ0n) is 21.2. The summed E-state index contributed by atoms with van der Waals surface area (Å²) in [5.41, 5.74) is 3.91. The number of aliphatic hydroxyl groups excluding tert-OH is 1. The molecule has 2 N–H and O–H groups in total. The summed E-state index contributed by atoms with van der Waals surface area (Å²) in [6, 6.07) is 6.34. The summed E-state index contributed by atoms with van der Waals surface area (Å²) in [5.74, 6) is -0.398. The monoisotopic (exact) mass is 503 g/mol. The maximum absolute atomic E-state index is 13.4. The molecule has 0 bridgehead atoms. The molecule has 2 heterocycles. The van der Waals surface area contributed by atoms with Gasteiger partial charge in [0.1, 0.15) is 5.82 Å². The number of rotatable bonds is 5. The lowest BCUT2D eigenvalue weighted by atomic mass is 9.65. The van der Waals surface area contributed by atoms with E-state index < -0.39 is 17.1 Å². The van der Waals surface area contributed by atoms with Gasteiger partial charge in [0.2, 0.25) is 5.91 Å². The molecule has 6 nitrogen and oxygen atoms in total. The standard InChI is InChI=1S/C30H34FN3O3/c1-29-17-21-18-32-34(24-8-6-23(31)7-9-24)27(21)16-22(29)11-14-30(29,37)13-10-20-4-2-3-5-26(20)28(36)33-15-12-25(35)19-33/h2-4,6-9,16,18,25-26,35,37H,5,10-15,17,19H2,1H3/t25-,26?,29+,30+/m1/s1. The zero-order chi connectivity index (χ0) is 25.8. The highest BCUT2D eigenvalue weighted by Crippen LogP contribution is 2.57. The highest BCUT2D eigenvalue weighted by Gasteiger charge is 2.55. The molecule has 6 rings (SSSR count). The number of halogens is 1. The second-order valence-corrected chi connectivity index (χ2v) is 11.3. The van der Waals surface area contributed by atoms with E-state index in [4.69, 9.17) is 0 Å². The number of amides is 1. The quantitative estimate of drug-likeness (QED) is 0.636. The van der Waals surface area contributed by atoms with E-state index in [2.05, 4.69) is 18.1 Å². The first-order valence-electron chi connectivity index (χ1n) is 13.4. The summed E-state index contributed by atoms with van der Waals surface area (Å²) < 4.78 is 15.3. The Bertz CT molecular complexity index is 1310. The summed E-state index contributed by atoms with van der Waals surface area (Å²) in [4.78, 5) is 15.0. The minimum Gasteiger partial charge on any atom is -0.391 e. The van der Waals surface area contributed by atoms with Gasteiger partial charge in [0.25, 0.3) is 0 Å². The molecule has 1 amide bonds. The maximum atomic E-state index is 13.4. The lowest BCUT2D eigenvalue weighted by molar-refractivity contribution is -0.133. The lowest BCUT2D eigenvalue weighted by Gasteiger charge is -2.43. The van der Waals surface area contributed by atoms with Crippen LogP contribution in [-0.2, 0) is 11.2 Å². The number of carbonyl (C=O) groups excluding carboxylic acids is 1. The summed E-state index contributed by atoms with van der Waals surface area (Å²) in [5, 5.41) is 26.5. The van der Waals surface area contributed by atoms with Gasteiger partial charge in [-0.3, -0.25) is 4.79 Å². The van der Waals surface area contributed by atoms with E-state index in [1.165, 1.54) is 17.7 Å². The molecule has 2 fully saturated rings. The van der Waals surface area contributed by atoms with Crippen molar-refractivity contribution in [1.82, 2.24) is 14.7 Å². The fourth-order valence-electron chi connectivity index (χ4n) is 6.82. The Morgan fingerprint density at radius 3 is 2.84 bits per heavy atom. The van der Waals surface area contributed by atoms with E-state index in [-0.39, 0.29) is 17.6 Å². The molecular formula is C30H34FN3O3. The van der Waals surface area contributed by atoms with E-state index in [0.29, 0.717) is 51.6 Å². The summed E-state index contributed by atoms with van der Waals surface area (Å²) in [6.07, 6.45) is 14.5. The van der Waals surface area contributed by atoms with E-state index in [1.807, 2.05) is 29.1 Å². The Labute approximate surface area is 216 Å². The molecule has 4 atom stereocenters. The number of allylic oxidation sites excluding steroid dienone is 3. The van der Waals surface area contributed by atoms with Crippen molar-refractivity contribution in [2.24, 2.45) is 11.3 Å². The fourth-order valence-corrected chi connectivity index (χ4v) is 6.82. The average Bonchev–Trinajstić information content (AvgIpc) is 3.58. The van der Waals surface area contributed by atoms with Crippen LogP contribution in [0.2, 0.25) is 0 Å². The van der Waals surface area contributed by atoms with Gasteiger partial charge in [-0.05, 0) is 80.9 Å². The van der Waals surface area contributed by atoms with Crippen LogP contribution in [0.1, 0.15) is 56.7 Å². The van der Waals surface area contributed by atoms with Crippen molar-refractivity contribution in [3.8, 4) is 5.69 Å². The first kappa shape index (κ1) is 24.3. The van der Waals surface area contributed by atoms with Gasteiger partial charge >= 0.3 is 0 Å². The third-order valence-electron chi connectivity index (χ3n) is 9.22. The normalized spacial score (nSPS) is 30.6. The number of hydrogen-bond donors (Lipinski definition) is 2. The predicted molar refractivity (Wildman–Crippen MR) is 139 cm³/mol. The molecule has 37 heavy (non-hydrogen) atoms. The number of likely N-dealkylation sites (tertiary alicyclic amines) is 1. The number of benzene rings is 1. The van der Waals surface area contributed by atoms with Crippen LogP contribution in [0.15, 0.2) is 59.8 Å². The van der Waals surface area contributed by atoms with Crippen LogP contribution in [0.5, 0.6) is 0 Å². The Hall–Kier alpha value is -3.03. The number of hydrogen-bond acceptors (Lipinski definition) is 4. The predicted octanol–water partition coefficient (Wildman–Crippen LogP) is 4.36. The summed E-state index contributed by atoms with van der Waals surface area (Å²) in [6.45, 7) is 3.18. The van der Waals surface area contributed by atoms with E-state index >= 15 is 0 Å². The van der Waals surface area contributed by atoms with Crippen LogP contribution in [0.4, 0.5) is 4.39 Å². The molecular weight excluding hydrogens is 469 g/mol. The average molecular weight is 504 g/mol. The highest BCUT2D eigenvalue weighted by molar-refractivity contribution is 5.82. The SMILES string of the molecule is C[C@]12Cc3cnn(-c4ccc(F)cc4)c3C=C1CC[C@@]2(O)CCC1=CC=CCC1C(=O)N1CC[C@@H](O)C1. The van der Waals surface area contributed by atoms with Gasteiger partial charge in [-0.25, -0.2) is 9.07 Å². The van der Waals surface area contributed by atoms with Gasteiger partial charge in [0, 0.05) is 18.5 Å². The van der Waals surface area contributed by atoms with Crippen molar-refractivity contribution in [3.63, 3.8) is 0 Å². The third kappa shape index (κ3) is 4.09. The van der Waals surface area contributed by atoms with Crippen LogP contribution >= 0.6 is 0 Å². The van der Waals surface area contributed by atoms with Gasteiger partial charge in [-0.2, -0.15) is 5.10 Å². The molecule has 1 aliphatic heterocycles. The van der Waals surface area contributed by atoms with Crippen LogP contribution in [0.25, 0.3) is 11.8 Å². The number of aliphatic hydroxyl groups is 2. The first-order valence-corrected chi connectivity index (χ1v) is 13.4. The molecule has 7 heteroatoms. The fraction of sp³-hybridized carbons (Fsp3) is 0.467. The molecule has 2 aromatic rings. The number of carbonyl (C=O) groups is 1. The van der Waals surface area contributed by atoms with Crippen molar-refractivity contribution in [1.29, 1.82) is 0 Å². The van der Waals surface area contributed by atoms with E-state index in [0.717, 1.165) is 28.9 Å². The van der Waals surface area contributed by atoms with Crippen LogP contribution in [0.3, 0.4) is 0 Å². The van der Waals surface area contributed by atoms with Crippen molar-refractivity contribution in [2.45, 2.75) is 63.6 Å². The molecule has 0 radical (unpaired) electrons. The van der Waals surface area contributed by atoms with Gasteiger partial charge in [-0.1, -0.05) is 36.3 Å². The molecule has 194 valence electrons. The van der Waals surface area contributed by atoms with Crippen LogP contribution in [-0.4, -0.2) is 55.6 Å². The third-order valence-corrected chi connectivity index (χ3v) is 9.22. The van der Waals surface area contributed by atoms with Gasteiger partial charge in [0.15, 0.2) is 0 Å². The van der Waals surface area contributed by atoms with Crippen LogP contribution in [0, 0.1) is 17.2 Å². The lowest BCUT2D eigenvalue weighted by Crippen LogP contribution is -2.45. The van der Waals surface area contributed by atoms with E-state index in [9.17, 15) is 19.4 Å². The van der Waals surface area contributed by atoms with Crippen molar-refractivity contribution >= 4 is 12.0 Å². The largest absolute Gasteiger partial charge is 0.391 e. The number of aromatic nitrogens is 2. The second-order valence-electron chi connectivity index (χ2n) is 11.3. The smallest absolute Gasteiger partial charge is 0.230 e. The summed E-state index contributed by atoms with van der Waals surface area (Å²) >= 11 is 0.